The molecule has 0 radical (unpaired) electrons. The number of aryl methyl sites for hydroxylation is 1. The number of nitrogens with zero attached hydrogens (tertiary/aromatic N) is 2. The summed E-state index contributed by atoms with van der Waals surface area (Å²) in [6.07, 6.45) is 3.89. The van der Waals surface area contributed by atoms with E-state index in [1.54, 1.807) is 28.9 Å². The molecule has 0 amide bonds. The number of fused-ring (bicyclic) bond motifs is 1. The highest BCUT2D eigenvalue weighted by Gasteiger charge is 2.06. The monoisotopic (exact) mass is 242 g/mol. The number of halogens is 1. The molecule has 2 aromatic rings. The average molecular weight is 243 g/mol. The number of rotatable bonds is 3. The van der Waals surface area contributed by atoms with Crippen molar-refractivity contribution in [3.63, 3.8) is 0 Å². The van der Waals surface area contributed by atoms with Crippen LogP contribution in [-0.4, -0.2) is 25.6 Å². The molecule has 5 nitrogen and oxygen atoms in total. The van der Waals surface area contributed by atoms with E-state index in [9.17, 15) is 9.90 Å². The third kappa shape index (κ3) is 2.43. The summed E-state index contributed by atoms with van der Waals surface area (Å²) in [4.78, 5) is 14.5. The number of aromatic nitrogens is 2. The van der Waals surface area contributed by atoms with Gasteiger partial charge in [-0.1, -0.05) is 0 Å². The van der Waals surface area contributed by atoms with E-state index < -0.39 is 5.97 Å². The summed E-state index contributed by atoms with van der Waals surface area (Å²) in [6.45, 7) is 0. The fourth-order valence-corrected chi connectivity index (χ4v) is 1.40. The van der Waals surface area contributed by atoms with Crippen LogP contribution < -0.4 is 0 Å². The van der Waals surface area contributed by atoms with Gasteiger partial charge in [0.15, 0.2) is 11.4 Å². The molecular formula is C10H11ClN2O3. The Morgan fingerprint density at radius 2 is 2.25 bits per heavy atom. The molecule has 2 aromatic heterocycles. The van der Waals surface area contributed by atoms with Crippen LogP contribution >= 0.6 is 12.4 Å². The Morgan fingerprint density at radius 1 is 1.50 bits per heavy atom. The molecule has 0 saturated carbocycles. The van der Waals surface area contributed by atoms with E-state index in [1.165, 1.54) is 0 Å². The number of hydrogen-bond donors (Lipinski definition) is 2. The minimum atomic E-state index is -0.851. The summed E-state index contributed by atoms with van der Waals surface area (Å²) < 4.78 is 1.67. The molecule has 0 spiro atoms. The van der Waals surface area contributed by atoms with Gasteiger partial charge >= 0.3 is 5.97 Å². The number of pyridine rings is 1. The van der Waals surface area contributed by atoms with Crippen molar-refractivity contribution in [1.82, 2.24) is 9.38 Å². The molecule has 0 fully saturated rings. The van der Waals surface area contributed by atoms with Crippen molar-refractivity contribution in [3.05, 3.63) is 30.2 Å². The van der Waals surface area contributed by atoms with Gasteiger partial charge in [0.2, 0.25) is 0 Å². The average Bonchev–Trinajstić information content (AvgIpc) is 2.59. The second kappa shape index (κ2) is 4.85. The summed E-state index contributed by atoms with van der Waals surface area (Å²) in [7, 11) is 0. The van der Waals surface area contributed by atoms with Crippen molar-refractivity contribution in [3.8, 4) is 5.75 Å². The maximum Gasteiger partial charge on any atom is 0.303 e. The fraction of sp³-hybridized carbons (Fsp3) is 0.200. The Balaban J connectivity index is 0.00000128. The molecule has 0 aromatic carbocycles. The Labute approximate surface area is 97.8 Å². The van der Waals surface area contributed by atoms with Gasteiger partial charge in [0.1, 0.15) is 0 Å². The second-order valence-electron chi connectivity index (χ2n) is 3.25. The third-order valence-electron chi connectivity index (χ3n) is 2.11. The predicted octanol–water partition coefficient (Wildman–Crippen LogP) is 1.48. The zero-order valence-corrected chi connectivity index (χ0v) is 9.15. The first-order valence-corrected chi connectivity index (χ1v) is 4.54. The highest BCUT2D eigenvalue weighted by molar-refractivity contribution is 5.85. The molecule has 0 saturated heterocycles. The van der Waals surface area contributed by atoms with Crippen molar-refractivity contribution in [2.75, 3.05) is 0 Å². The quantitative estimate of drug-likeness (QED) is 0.855. The van der Waals surface area contributed by atoms with Crippen molar-refractivity contribution in [1.29, 1.82) is 0 Å². The lowest BCUT2D eigenvalue weighted by Gasteiger charge is -1.92. The molecule has 0 aliphatic carbocycles. The predicted molar refractivity (Wildman–Crippen MR) is 60.1 cm³/mol. The van der Waals surface area contributed by atoms with Crippen LogP contribution in [0.15, 0.2) is 24.5 Å². The number of carbonyl (C=O) groups is 1. The van der Waals surface area contributed by atoms with Crippen LogP contribution in [0.3, 0.4) is 0 Å². The van der Waals surface area contributed by atoms with E-state index in [0.717, 1.165) is 0 Å². The Kier molecular flexibility index (Phi) is 3.73. The molecule has 2 heterocycles. The highest BCUT2D eigenvalue weighted by Crippen LogP contribution is 2.17. The summed E-state index contributed by atoms with van der Waals surface area (Å²) in [5.41, 5.74) is 1.12. The Bertz CT molecular complexity index is 510. The van der Waals surface area contributed by atoms with Crippen LogP contribution in [-0.2, 0) is 11.2 Å². The molecule has 2 N–H and O–H groups in total. The van der Waals surface area contributed by atoms with Crippen molar-refractivity contribution >= 4 is 24.0 Å². The van der Waals surface area contributed by atoms with Crippen molar-refractivity contribution < 1.29 is 15.0 Å². The zero-order chi connectivity index (χ0) is 10.8. The van der Waals surface area contributed by atoms with Crippen LogP contribution in [0.1, 0.15) is 12.1 Å². The van der Waals surface area contributed by atoms with Crippen molar-refractivity contribution in [2.24, 2.45) is 0 Å². The lowest BCUT2D eigenvalue weighted by atomic mass is 10.2. The maximum absolute atomic E-state index is 10.4. The highest BCUT2D eigenvalue weighted by atomic mass is 35.5. The topological polar surface area (TPSA) is 74.8 Å². The lowest BCUT2D eigenvalue weighted by molar-refractivity contribution is -0.136. The van der Waals surface area contributed by atoms with E-state index in [-0.39, 0.29) is 24.6 Å². The van der Waals surface area contributed by atoms with Gasteiger partial charge in [-0.2, -0.15) is 0 Å². The largest absolute Gasteiger partial charge is 0.504 e. The number of carboxylic acid groups (broad SMARTS) is 1. The molecule has 2 rings (SSSR count). The van der Waals surface area contributed by atoms with Gasteiger partial charge in [-0.25, -0.2) is 4.98 Å². The molecule has 16 heavy (non-hydrogen) atoms. The van der Waals surface area contributed by atoms with Gasteiger partial charge in [0.25, 0.3) is 0 Å². The molecule has 0 atom stereocenters. The number of aromatic hydroxyl groups is 1. The minimum absolute atomic E-state index is 0. The van der Waals surface area contributed by atoms with Gasteiger partial charge < -0.3 is 14.6 Å². The smallest absolute Gasteiger partial charge is 0.303 e. The van der Waals surface area contributed by atoms with Gasteiger partial charge in [0, 0.05) is 18.8 Å². The molecule has 0 aliphatic rings. The fourth-order valence-electron chi connectivity index (χ4n) is 1.40. The van der Waals surface area contributed by atoms with Gasteiger partial charge in [-0.05, 0) is 12.1 Å². The van der Waals surface area contributed by atoms with Crippen LogP contribution in [0.25, 0.3) is 5.65 Å². The number of imidazole rings is 1. The van der Waals surface area contributed by atoms with Crippen LogP contribution in [0.2, 0.25) is 0 Å². The summed E-state index contributed by atoms with van der Waals surface area (Å²) in [5, 5.41) is 18.0. The van der Waals surface area contributed by atoms with Gasteiger partial charge in [0.05, 0.1) is 12.1 Å². The molecule has 0 aliphatic heterocycles. The van der Waals surface area contributed by atoms with E-state index in [0.29, 0.717) is 17.8 Å². The van der Waals surface area contributed by atoms with E-state index in [4.69, 9.17) is 5.11 Å². The van der Waals surface area contributed by atoms with Crippen molar-refractivity contribution in [2.45, 2.75) is 12.8 Å². The summed E-state index contributed by atoms with van der Waals surface area (Å²) in [6, 6.07) is 3.24. The number of aliphatic carboxylic acids is 1. The van der Waals surface area contributed by atoms with Gasteiger partial charge in [-0.3, -0.25) is 4.79 Å². The third-order valence-corrected chi connectivity index (χ3v) is 2.11. The first-order valence-electron chi connectivity index (χ1n) is 4.54. The van der Waals surface area contributed by atoms with E-state index >= 15 is 0 Å². The molecule has 0 bridgehead atoms. The minimum Gasteiger partial charge on any atom is -0.504 e. The SMILES string of the molecule is Cl.O=C(O)CCc1cn2cccc(O)c2n1. The molecular weight excluding hydrogens is 232 g/mol. The summed E-state index contributed by atoms with van der Waals surface area (Å²) >= 11 is 0. The standard InChI is InChI=1S/C10H10N2O3.ClH/c13-8-2-1-5-12-6-7(11-10(8)12)3-4-9(14)15;/h1-2,5-6,13H,3-4H2,(H,14,15);1H. The van der Waals surface area contributed by atoms with E-state index in [2.05, 4.69) is 4.98 Å². The number of carboxylic acids is 1. The van der Waals surface area contributed by atoms with Gasteiger partial charge in [-0.15, -0.1) is 12.4 Å². The Morgan fingerprint density at radius 3 is 2.88 bits per heavy atom. The molecule has 0 unspecified atom stereocenters. The number of hydrogen-bond acceptors (Lipinski definition) is 3. The van der Waals surface area contributed by atoms with E-state index in [1.807, 2.05) is 0 Å². The molecule has 6 heteroatoms. The van der Waals surface area contributed by atoms with Crippen LogP contribution in [0, 0.1) is 0 Å². The zero-order valence-electron chi connectivity index (χ0n) is 8.33. The first kappa shape index (κ1) is 12.3. The molecule has 86 valence electrons. The van der Waals surface area contributed by atoms with Crippen LogP contribution in [0.4, 0.5) is 0 Å². The van der Waals surface area contributed by atoms with Crippen LogP contribution in [0.5, 0.6) is 5.75 Å². The Hall–Kier alpha value is -1.75. The normalized spacial score (nSPS) is 10.0. The summed E-state index contributed by atoms with van der Waals surface area (Å²) in [5.74, 6) is -0.754. The lowest BCUT2D eigenvalue weighted by Crippen LogP contribution is -1.97. The first-order chi connectivity index (χ1) is 7.16. The second-order valence-corrected chi connectivity index (χ2v) is 3.25. The maximum atomic E-state index is 10.4.